The Bertz CT molecular complexity index is 532. The number of carbonyl (C=O) groups excluding carboxylic acids is 4. The Balaban J connectivity index is 1.50. The van der Waals surface area contributed by atoms with Crippen LogP contribution in [0.3, 0.4) is 0 Å². The Morgan fingerprint density at radius 2 is 1.50 bits per heavy atom. The third-order valence-electron chi connectivity index (χ3n) is 3.68. The van der Waals surface area contributed by atoms with Gasteiger partial charge in [-0.3, -0.25) is 29.0 Å². The summed E-state index contributed by atoms with van der Waals surface area (Å²) in [5.74, 6) is -0.972. The molecule has 0 saturated carbocycles. The number of hydrogen-bond acceptors (Lipinski definition) is 7. The molecule has 1 fully saturated rings. The van der Waals surface area contributed by atoms with Gasteiger partial charge in [-0.1, -0.05) is 0 Å². The normalized spacial score (nSPS) is 20.8. The van der Waals surface area contributed by atoms with Crippen molar-refractivity contribution in [3.05, 3.63) is 12.2 Å². The summed E-state index contributed by atoms with van der Waals surface area (Å²) in [6, 6.07) is 0. The molecule has 1 saturated heterocycles. The quantitative estimate of drug-likeness (QED) is 0.382. The summed E-state index contributed by atoms with van der Waals surface area (Å²) < 4.78 is 10.6. The second-order valence-electron chi connectivity index (χ2n) is 5.20. The molecule has 0 aromatic rings. The van der Waals surface area contributed by atoms with Crippen LogP contribution < -0.4 is 0 Å². The van der Waals surface area contributed by atoms with Gasteiger partial charge in [0, 0.05) is 18.6 Å². The lowest BCUT2D eigenvalue weighted by atomic mass is 10.4. The number of likely N-dealkylation sites (tertiary alicyclic amines) is 1. The van der Waals surface area contributed by atoms with Crippen LogP contribution in [0.25, 0.3) is 0 Å². The van der Waals surface area contributed by atoms with Crippen LogP contribution in [-0.4, -0.2) is 84.5 Å². The van der Waals surface area contributed by atoms with Gasteiger partial charge >= 0.3 is 0 Å². The molecular formula is C15H20N2O6S. The van der Waals surface area contributed by atoms with Crippen LogP contribution in [0.1, 0.15) is 6.42 Å². The smallest absolute Gasteiger partial charge is 0.253 e. The molecule has 2 rings (SSSR count). The molecule has 9 heteroatoms. The maximum Gasteiger partial charge on any atom is 0.253 e. The van der Waals surface area contributed by atoms with Gasteiger partial charge in [0.15, 0.2) is 0 Å². The van der Waals surface area contributed by atoms with Crippen molar-refractivity contribution in [3.8, 4) is 0 Å². The Morgan fingerprint density at radius 1 is 0.958 bits per heavy atom. The van der Waals surface area contributed by atoms with Gasteiger partial charge in [0.05, 0.1) is 44.8 Å². The molecule has 0 bridgehead atoms. The van der Waals surface area contributed by atoms with Crippen LogP contribution in [0, 0.1) is 0 Å². The zero-order valence-electron chi connectivity index (χ0n) is 13.4. The number of nitrogens with zero attached hydrogens (tertiary/aromatic N) is 2. The van der Waals surface area contributed by atoms with Crippen molar-refractivity contribution in [3.63, 3.8) is 0 Å². The van der Waals surface area contributed by atoms with Crippen LogP contribution in [0.2, 0.25) is 0 Å². The minimum Gasteiger partial charge on any atom is -0.377 e. The monoisotopic (exact) mass is 356 g/mol. The molecule has 1 atom stereocenters. The van der Waals surface area contributed by atoms with Crippen molar-refractivity contribution < 1.29 is 28.7 Å². The van der Waals surface area contributed by atoms with E-state index in [1.54, 1.807) is 0 Å². The number of imide groups is 2. The largest absolute Gasteiger partial charge is 0.377 e. The lowest BCUT2D eigenvalue weighted by molar-refractivity contribution is -0.140. The SMILES string of the molecule is CSC1CC(=O)N(CCOCCOCCN2C(=O)C=CC2=O)C1=O. The highest BCUT2D eigenvalue weighted by atomic mass is 32.2. The van der Waals surface area contributed by atoms with E-state index < -0.39 is 0 Å². The molecule has 0 aromatic heterocycles. The van der Waals surface area contributed by atoms with E-state index in [0.717, 1.165) is 4.90 Å². The molecular weight excluding hydrogens is 336 g/mol. The maximum atomic E-state index is 11.9. The average molecular weight is 356 g/mol. The van der Waals surface area contributed by atoms with Crippen molar-refractivity contribution in [2.75, 3.05) is 45.8 Å². The van der Waals surface area contributed by atoms with Crippen LogP contribution >= 0.6 is 11.8 Å². The second-order valence-corrected chi connectivity index (χ2v) is 6.24. The van der Waals surface area contributed by atoms with Crippen molar-refractivity contribution in [2.24, 2.45) is 0 Å². The molecule has 0 N–H and O–H groups in total. The molecule has 0 spiro atoms. The highest BCUT2D eigenvalue weighted by molar-refractivity contribution is 8.00. The van der Waals surface area contributed by atoms with Crippen molar-refractivity contribution in [1.82, 2.24) is 9.80 Å². The summed E-state index contributed by atoms with van der Waals surface area (Å²) >= 11 is 1.38. The minimum atomic E-state index is -0.330. The third-order valence-corrected chi connectivity index (χ3v) is 4.62. The fraction of sp³-hybridized carbons (Fsp3) is 0.600. The first-order valence-corrected chi connectivity index (χ1v) is 8.89. The van der Waals surface area contributed by atoms with Crippen LogP contribution in [0.5, 0.6) is 0 Å². The molecule has 2 aliphatic heterocycles. The Labute approximate surface area is 144 Å². The first-order chi connectivity index (χ1) is 11.5. The predicted molar refractivity (Wildman–Crippen MR) is 86.1 cm³/mol. The van der Waals surface area contributed by atoms with E-state index in [9.17, 15) is 19.2 Å². The molecule has 0 radical (unpaired) electrons. The fourth-order valence-corrected chi connectivity index (χ4v) is 3.00. The zero-order valence-corrected chi connectivity index (χ0v) is 14.3. The van der Waals surface area contributed by atoms with Gasteiger partial charge in [-0.25, -0.2) is 0 Å². The lowest BCUT2D eigenvalue weighted by Crippen LogP contribution is -2.34. The molecule has 2 heterocycles. The maximum absolute atomic E-state index is 11.9. The van der Waals surface area contributed by atoms with Gasteiger partial charge in [0.25, 0.3) is 11.8 Å². The van der Waals surface area contributed by atoms with Gasteiger partial charge in [0.2, 0.25) is 11.8 Å². The van der Waals surface area contributed by atoms with Crippen molar-refractivity contribution >= 4 is 35.4 Å². The molecule has 8 nitrogen and oxygen atoms in total. The number of ether oxygens (including phenoxy) is 2. The highest BCUT2D eigenvalue weighted by Gasteiger charge is 2.37. The van der Waals surface area contributed by atoms with E-state index in [4.69, 9.17) is 9.47 Å². The molecule has 0 aliphatic carbocycles. The second kappa shape index (κ2) is 8.95. The lowest BCUT2D eigenvalue weighted by Gasteiger charge is -2.15. The summed E-state index contributed by atoms with van der Waals surface area (Å²) in [6.07, 6.45) is 4.53. The predicted octanol–water partition coefficient (Wildman–Crippen LogP) is -0.565. The van der Waals surface area contributed by atoms with Crippen LogP contribution in [0.4, 0.5) is 0 Å². The Hall–Kier alpha value is -1.71. The summed E-state index contributed by atoms with van der Waals surface area (Å²) in [5, 5.41) is -0.272. The number of rotatable bonds is 10. The minimum absolute atomic E-state index is 0.152. The summed E-state index contributed by atoms with van der Waals surface area (Å²) in [5.41, 5.74) is 0. The summed E-state index contributed by atoms with van der Waals surface area (Å²) in [7, 11) is 0. The third kappa shape index (κ3) is 4.65. The van der Waals surface area contributed by atoms with Gasteiger partial charge in [0.1, 0.15) is 0 Å². The average Bonchev–Trinajstić information content (AvgIpc) is 3.03. The summed E-state index contributed by atoms with van der Waals surface area (Å²) in [6.45, 7) is 1.56. The van der Waals surface area contributed by atoms with Crippen LogP contribution in [-0.2, 0) is 28.7 Å². The van der Waals surface area contributed by atoms with Crippen LogP contribution in [0.15, 0.2) is 12.2 Å². The molecule has 4 amide bonds. The topological polar surface area (TPSA) is 93.2 Å². The molecule has 0 aromatic carbocycles. The first-order valence-electron chi connectivity index (χ1n) is 7.60. The van der Waals surface area contributed by atoms with Gasteiger partial charge in [-0.05, 0) is 6.26 Å². The first kappa shape index (κ1) is 18.6. The molecule has 24 heavy (non-hydrogen) atoms. The fourth-order valence-electron chi connectivity index (χ4n) is 2.36. The molecule has 132 valence electrons. The molecule has 2 aliphatic rings. The number of hydrogen-bond donors (Lipinski definition) is 0. The van der Waals surface area contributed by atoms with Gasteiger partial charge in [-0.2, -0.15) is 11.8 Å². The van der Waals surface area contributed by atoms with Crippen molar-refractivity contribution in [1.29, 1.82) is 0 Å². The van der Waals surface area contributed by atoms with Gasteiger partial charge in [-0.15, -0.1) is 0 Å². The van der Waals surface area contributed by atoms with E-state index in [2.05, 4.69) is 0 Å². The Morgan fingerprint density at radius 3 is 2.00 bits per heavy atom. The van der Waals surface area contributed by atoms with E-state index in [1.165, 1.54) is 28.8 Å². The standard InChI is InChI=1S/C15H20N2O6S/c1-24-11-10-14(20)17(15(11)21)5-7-23-9-8-22-6-4-16-12(18)2-3-13(16)19/h2-3,11H,4-10H2,1H3. The Kier molecular flexibility index (Phi) is 6.95. The van der Waals surface area contributed by atoms with E-state index >= 15 is 0 Å². The number of carbonyl (C=O) groups is 4. The zero-order chi connectivity index (χ0) is 17.5. The summed E-state index contributed by atoms with van der Waals surface area (Å²) in [4.78, 5) is 48.5. The van der Waals surface area contributed by atoms with Gasteiger partial charge < -0.3 is 9.47 Å². The van der Waals surface area contributed by atoms with Crippen molar-refractivity contribution in [2.45, 2.75) is 11.7 Å². The number of thioether (sulfide) groups is 1. The van der Waals surface area contributed by atoms with E-state index in [-0.39, 0.29) is 61.6 Å². The highest BCUT2D eigenvalue weighted by Crippen LogP contribution is 2.22. The molecule has 1 unspecified atom stereocenters. The van der Waals surface area contributed by atoms with E-state index in [0.29, 0.717) is 13.2 Å². The van der Waals surface area contributed by atoms with E-state index in [1.807, 2.05) is 6.26 Å². The number of amides is 4.